The topological polar surface area (TPSA) is 93.7 Å². The van der Waals surface area contributed by atoms with Gasteiger partial charge >= 0.3 is 18.3 Å². The predicted molar refractivity (Wildman–Crippen MR) is 102 cm³/mol. The van der Waals surface area contributed by atoms with E-state index in [9.17, 15) is 33.0 Å². The van der Waals surface area contributed by atoms with Crippen molar-refractivity contribution in [3.05, 3.63) is 58.3 Å². The summed E-state index contributed by atoms with van der Waals surface area (Å²) in [6.45, 7) is 1.33. The van der Waals surface area contributed by atoms with Crippen LogP contribution in [0.25, 0.3) is 16.7 Å². The van der Waals surface area contributed by atoms with Crippen LogP contribution in [0.5, 0.6) is 5.75 Å². The summed E-state index contributed by atoms with van der Waals surface area (Å²) in [5, 5.41) is 19.7. The molecule has 0 aliphatic heterocycles. The van der Waals surface area contributed by atoms with Gasteiger partial charge in [0.2, 0.25) is 0 Å². The molecule has 160 valence electrons. The molecule has 1 unspecified atom stereocenters. The number of aromatic nitrogens is 2. The Hall–Kier alpha value is -3.27. The molecule has 0 saturated carbocycles. The number of ether oxygens (including phenoxy) is 1. The first kappa shape index (κ1) is 21.4. The van der Waals surface area contributed by atoms with E-state index in [1.54, 1.807) is 6.92 Å². The maximum absolute atomic E-state index is 14.6. The third kappa shape index (κ3) is 3.78. The van der Waals surface area contributed by atoms with Crippen LogP contribution < -0.4 is 10.4 Å². The molecule has 7 nitrogen and oxygen atoms in total. The van der Waals surface area contributed by atoms with Crippen LogP contribution in [-0.4, -0.2) is 37.5 Å². The lowest BCUT2D eigenvalue weighted by Crippen LogP contribution is -2.37. The van der Waals surface area contributed by atoms with Crippen molar-refractivity contribution in [2.24, 2.45) is 0 Å². The second kappa shape index (κ2) is 7.52. The summed E-state index contributed by atoms with van der Waals surface area (Å²) in [5.74, 6) is -2.47. The number of halogens is 3. The Morgan fingerprint density at radius 2 is 1.80 bits per heavy atom. The van der Waals surface area contributed by atoms with Gasteiger partial charge in [-0.15, -0.1) is 0 Å². The number of aliphatic hydroxyl groups is 1. The predicted octanol–water partition coefficient (Wildman–Crippen LogP) is 3.56. The van der Waals surface area contributed by atoms with Crippen LogP contribution in [0.15, 0.2) is 41.2 Å². The van der Waals surface area contributed by atoms with Gasteiger partial charge in [0.05, 0.1) is 33.9 Å². The molecule has 2 aromatic carbocycles. The second-order valence-electron chi connectivity index (χ2n) is 7.32. The molecular formula is C20H19F3N2O5. The number of hydrogen-bond acceptors (Lipinski definition) is 4. The number of alkyl halides is 2. The molecule has 0 radical (unpaired) electrons. The van der Waals surface area contributed by atoms with E-state index in [0.717, 1.165) is 27.3 Å². The maximum atomic E-state index is 14.6. The summed E-state index contributed by atoms with van der Waals surface area (Å²) in [4.78, 5) is 24.7. The first-order valence-corrected chi connectivity index (χ1v) is 8.89. The lowest BCUT2D eigenvalue weighted by molar-refractivity contribution is -0.0498. The Kier molecular flexibility index (Phi) is 5.38. The van der Waals surface area contributed by atoms with Gasteiger partial charge in [-0.2, -0.15) is 8.78 Å². The van der Waals surface area contributed by atoms with Crippen LogP contribution in [0.1, 0.15) is 37.2 Å². The van der Waals surface area contributed by atoms with Gasteiger partial charge in [0, 0.05) is 6.07 Å². The van der Waals surface area contributed by atoms with E-state index >= 15 is 0 Å². The number of carboxylic acid groups (broad SMARTS) is 1. The molecule has 0 saturated heterocycles. The second-order valence-corrected chi connectivity index (χ2v) is 7.32. The fraction of sp³-hybridized carbons (Fsp3) is 0.300. The van der Waals surface area contributed by atoms with Gasteiger partial charge < -0.3 is 14.9 Å². The highest BCUT2D eigenvalue weighted by molar-refractivity contribution is 5.93. The van der Waals surface area contributed by atoms with Crippen molar-refractivity contribution in [2.45, 2.75) is 39.0 Å². The minimum Gasteiger partial charge on any atom is -0.478 e. The molecule has 0 aliphatic rings. The highest BCUT2D eigenvalue weighted by atomic mass is 19.3. The van der Waals surface area contributed by atoms with E-state index in [2.05, 4.69) is 4.74 Å². The summed E-state index contributed by atoms with van der Waals surface area (Å²) in [6, 6.07) is 5.78. The van der Waals surface area contributed by atoms with Crippen molar-refractivity contribution in [3.8, 4) is 11.4 Å². The molecule has 1 aromatic heterocycles. The molecule has 30 heavy (non-hydrogen) atoms. The fourth-order valence-corrected chi connectivity index (χ4v) is 3.12. The van der Waals surface area contributed by atoms with Crippen molar-refractivity contribution < 1.29 is 32.9 Å². The van der Waals surface area contributed by atoms with Crippen LogP contribution in [-0.2, 0) is 0 Å². The summed E-state index contributed by atoms with van der Waals surface area (Å²) in [7, 11) is 0. The first-order chi connectivity index (χ1) is 13.9. The highest BCUT2D eigenvalue weighted by Crippen LogP contribution is 2.29. The van der Waals surface area contributed by atoms with Crippen LogP contribution in [0.4, 0.5) is 13.2 Å². The molecule has 0 fully saturated rings. The Bertz CT molecular complexity index is 1180. The third-order valence-electron chi connectivity index (χ3n) is 4.91. The van der Waals surface area contributed by atoms with Crippen LogP contribution in [0.2, 0.25) is 0 Å². The minimum atomic E-state index is -3.14. The number of fused-ring (bicyclic) bond motifs is 1. The maximum Gasteiger partial charge on any atom is 0.387 e. The normalized spacial score (nSPS) is 13.1. The molecule has 3 aromatic rings. The van der Waals surface area contributed by atoms with Gasteiger partial charge in [-0.1, -0.05) is 0 Å². The van der Waals surface area contributed by atoms with Crippen LogP contribution in [0, 0.1) is 5.82 Å². The number of nitrogens with zero attached hydrogens (tertiary/aromatic N) is 2. The lowest BCUT2D eigenvalue weighted by atomic mass is 10.0. The summed E-state index contributed by atoms with van der Waals surface area (Å²) >= 11 is 0. The highest BCUT2D eigenvalue weighted by Gasteiger charge is 2.30. The SMILES string of the molecule is CC(n1c(=O)n(-c2cc(OC(F)F)ccc2F)c2ccc(C(=O)O)cc21)C(C)(C)O. The van der Waals surface area contributed by atoms with Crippen molar-refractivity contribution in [1.29, 1.82) is 0 Å². The summed E-state index contributed by atoms with van der Waals surface area (Å²) in [5.41, 5.74) is -2.38. The van der Waals surface area contributed by atoms with Gasteiger partial charge in [0.15, 0.2) is 0 Å². The lowest BCUT2D eigenvalue weighted by Gasteiger charge is -2.27. The van der Waals surface area contributed by atoms with E-state index in [1.165, 1.54) is 32.0 Å². The zero-order valence-corrected chi connectivity index (χ0v) is 16.3. The van der Waals surface area contributed by atoms with E-state index in [1.807, 2.05) is 0 Å². The molecule has 1 heterocycles. The molecule has 0 bridgehead atoms. The van der Waals surface area contributed by atoms with Gasteiger partial charge in [0.1, 0.15) is 11.6 Å². The van der Waals surface area contributed by atoms with Crippen molar-refractivity contribution >= 4 is 17.0 Å². The molecular weight excluding hydrogens is 405 g/mol. The Morgan fingerprint density at radius 3 is 2.37 bits per heavy atom. The summed E-state index contributed by atoms with van der Waals surface area (Å²) in [6.07, 6.45) is 0. The average molecular weight is 424 g/mol. The molecule has 10 heteroatoms. The van der Waals surface area contributed by atoms with Crippen molar-refractivity contribution in [3.63, 3.8) is 0 Å². The summed E-state index contributed by atoms with van der Waals surface area (Å²) < 4.78 is 46.1. The number of benzene rings is 2. The standard InChI is InChI=1S/C20H19F3N2O5/c1-10(20(2,3)29)24-16-8-11(17(26)27)4-7-14(16)25(19(24)28)15-9-12(30-18(22)23)5-6-13(15)21/h4-10,18,29H,1-3H3,(H,26,27). The van der Waals surface area contributed by atoms with Crippen molar-refractivity contribution in [2.75, 3.05) is 0 Å². The average Bonchev–Trinajstić information content (AvgIpc) is 2.92. The molecule has 3 rings (SSSR count). The Balaban J connectivity index is 2.38. The van der Waals surface area contributed by atoms with Gasteiger partial charge in [-0.25, -0.2) is 14.0 Å². The minimum absolute atomic E-state index is 0.119. The Labute approximate surface area is 168 Å². The Morgan fingerprint density at radius 1 is 1.13 bits per heavy atom. The quantitative estimate of drug-likeness (QED) is 0.631. The monoisotopic (exact) mass is 424 g/mol. The van der Waals surface area contributed by atoms with E-state index in [-0.39, 0.29) is 28.0 Å². The van der Waals surface area contributed by atoms with E-state index in [0.29, 0.717) is 0 Å². The molecule has 2 N–H and O–H groups in total. The van der Waals surface area contributed by atoms with Crippen molar-refractivity contribution in [1.82, 2.24) is 9.13 Å². The number of hydrogen-bond donors (Lipinski definition) is 2. The third-order valence-corrected chi connectivity index (χ3v) is 4.91. The van der Waals surface area contributed by atoms with Crippen LogP contribution in [0.3, 0.4) is 0 Å². The number of aromatic carboxylic acids is 1. The van der Waals surface area contributed by atoms with Gasteiger partial charge in [-0.05, 0) is 51.1 Å². The zero-order valence-electron chi connectivity index (χ0n) is 16.3. The number of carboxylic acids is 1. The smallest absolute Gasteiger partial charge is 0.387 e. The first-order valence-electron chi connectivity index (χ1n) is 8.89. The van der Waals surface area contributed by atoms with E-state index < -0.39 is 35.7 Å². The zero-order chi connectivity index (χ0) is 22.4. The van der Waals surface area contributed by atoms with Gasteiger partial charge in [0.25, 0.3) is 0 Å². The van der Waals surface area contributed by atoms with E-state index in [4.69, 9.17) is 0 Å². The molecule has 1 atom stereocenters. The molecule has 0 amide bonds. The largest absolute Gasteiger partial charge is 0.478 e. The molecule has 0 aliphatic carbocycles. The number of imidazole rings is 1. The van der Waals surface area contributed by atoms with Crippen LogP contribution >= 0.6 is 0 Å². The fourth-order valence-electron chi connectivity index (χ4n) is 3.12. The number of rotatable bonds is 6. The number of carbonyl (C=O) groups is 1. The van der Waals surface area contributed by atoms with Gasteiger partial charge in [-0.3, -0.25) is 9.13 Å². The molecule has 0 spiro atoms.